The number of aryl methyl sites for hydroxylation is 1. The third-order valence-corrected chi connectivity index (χ3v) is 10.9. The van der Waals surface area contributed by atoms with Crippen molar-refractivity contribution < 1.29 is 17.2 Å². The van der Waals surface area contributed by atoms with Crippen LogP contribution in [0.4, 0.5) is 13.9 Å². The van der Waals surface area contributed by atoms with Crippen LogP contribution in [-0.2, 0) is 22.7 Å². The van der Waals surface area contributed by atoms with Gasteiger partial charge in [0.2, 0.25) is 0 Å². The maximum Gasteiger partial charge on any atom is 0.185 e. The van der Waals surface area contributed by atoms with Gasteiger partial charge in [-0.15, -0.1) is 11.3 Å². The van der Waals surface area contributed by atoms with Crippen LogP contribution in [0.2, 0.25) is 0 Å². The molecule has 34 heavy (non-hydrogen) atoms. The average molecular weight is 634 g/mol. The summed E-state index contributed by atoms with van der Waals surface area (Å²) in [4.78, 5) is 6.21. The largest absolute Gasteiger partial charge is 0.348 e. The molecular weight excluding hydrogens is 610 g/mol. The van der Waals surface area contributed by atoms with Crippen molar-refractivity contribution in [2.75, 3.05) is 18.0 Å². The highest BCUT2D eigenvalue weighted by atomic mass is 79.9. The Hall–Kier alpha value is -1.36. The van der Waals surface area contributed by atoms with Gasteiger partial charge >= 0.3 is 0 Å². The Labute approximate surface area is 219 Å². The van der Waals surface area contributed by atoms with Crippen molar-refractivity contribution in [1.82, 2.24) is 4.98 Å². The standard InChI is InChI=1S/C24H24Br2F2N2O2S2/c1-2-3-15-4-6-16(7-5-15)12-17-14-33-24(29-17)30-10-8-18(9-11-30)34(31,32)23-21(26)20(27)13-19(25)22(23)28/h4-7,13-14,18H,2-3,8-12H2,1H3. The van der Waals surface area contributed by atoms with E-state index in [0.717, 1.165) is 36.2 Å². The summed E-state index contributed by atoms with van der Waals surface area (Å²) in [6.45, 7) is 3.14. The first kappa shape index (κ1) is 25.7. The second-order valence-electron chi connectivity index (χ2n) is 8.39. The van der Waals surface area contributed by atoms with E-state index in [-0.39, 0.29) is 8.95 Å². The lowest BCUT2D eigenvalue weighted by molar-refractivity contribution is 0.512. The van der Waals surface area contributed by atoms with Crippen LogP contribution in [0.25, 0.3) is 0 Å². The van der Waals surface area contributed by atoms with Gasteiger partial charge in [0.1, 0.15) is 10.7 Å². The third-order valence-electron chi connectivity index (χ3n) is 5.99. The monoisotopic (exact) mass is 632 g/mol. The van der Waals surface area contributed by atoms with Crippen LogP contribution in [0.3, 0.4) is 0 Å². The summed E-state index contributed by atoms with van der Waals surface area (Å²) in [6, 6.07) is 9.52. The van der Waals surface area contributed by atoms with E-state index in [1.165, 1.54) is 11.1 Å². The lowest BCUT2D eigenvalue weighted by Crippen LogP contribution is -2.39. The van der Waals surface area contributed by atoms with Crippen molar-refractivity contribution in [2.45, 2.75) is 49.2 Å². The summed E-state index contributed by atoms with van der Waals surface area (Å²) >= 11 is 7.38. The van der Waals surface area contributed by atoms with Gasteiger partial charge in [-0.3, -0.25) is 0 Å². The zero-order valence-electron chi connectivity index (χ0n) is 18.5. The topological polar surface area (TPSA) is 50.3 Å². The fourth-order valence-electron chi connectivity index (χ4n) is 4.17. The van der Waals surface area contributed by atoms with Gasteiger partial charge in [-0.2, -0.15) is 0 Å². The Kier molecular flexibility index (Phi) is 8.11. The van der Waals surface area contributed by atoms with Gasteiger partial charge in [-0.05, 0) is 68.3 Å². The van der Waals surface area contributed by atoms with Crippen LogP contribution >= 0.6 is 43.2 Å². The van der Waals surface area contributed by atoms with Crippen molar-refractivity contribution in [1.29, 1.82) is 0 Å². The summed E-state index contributed by atoms with van der Waals surface area (Å²) in [6.07, 6.45) is 3.58. The van der Waals surface area contributed by atoms with Crippen molar-refractivity contribution >= 4 is 58.2 Å². The molecule has 182 valence electrons. The molecule has 0 spiro atoms. The van der Waals surface area contributed by atoms with E-state index in [1.54, 1.807) is 11.3 Å². The van der Waals surface area contributed by atoms with Crippen LogP contribution in [-0.4, -0.2) is 31.7 Å². The number of nitrogens with zero attached hydrogens (tertiary/aromatic N) is 2. The second kappa shape index (κ2) is 10.7. The molecule has 0 aliphatic carbocycles. The SMILES string of the molecule is CCCc1ccc(Cc2csc(N3CCC(S(=O)(=O)c4c(F)c(Br)cc(F)c4Br)CC3)n2)cc1. The molecule has 4 rings (SSSR count). The number of hydrogen-bond donors (Lipinski definition) is 0. The summed E-state index contributed by atoms with van der Waals surface area (Å²) < 4.78 is 54.5. The molecule has 0 bridgehead atoms. The summed E-state index contributed by atoms with van der Waals surface area (Å²) in [5, 5.41) is 2.10. The third kappa shape index (κ3) is 5.39. The molecule has 10 heteroatoms. The summed E-state index contributed by atoms with van der Waals surface area (Å²) in [7, 11) is -4.05. The van der Waals surface area contributed by atoms with Gasteiger partial charge < -0.3 is 4.90 Å². The minimum atomic E-state index is -4.05. The number of piperidine rings is 1. The Morgan fingerprint density at radius 2 is 1.76 bits per heavy atom. The maximum absolute atomic E-state index is 14.6. The molecule has 0 saturated carbocycles. The Morgan fingerprint density at radius 1 is 1.12 bits per heavy atom. The summed E-state index contributed by atoms with van der Waals surface area (Å²) in [5.41, 5.74) is 3.52. The van der Waals surface area contributed by atoms with E-state index in [9.17, 15) is 17.2 Å². The zero-order valence-corrected chi connectivity index (χ0v) is 23.3. The highest BCUT2D eigenvalue weighted by Gasteiger charge is 2.36. The highest BCUT2D eigenvalue weighted by Crippen LogP contribution is 2.37. The average Bonchev–Trinajstić information content (AvgIpc) is 3.28. The molecule has 1 aliphatic rings. The second-order valence-corrected chi connectivity index (χ2v) is 13.0. The van der Waals surface area contributed by atoms with Gasteiger partial charge in [0, 0.05) is 24.9 Å². The number of halogens is 4. The van der Waals surface area contributed by atoms with E-state index < -0.39 is 31.6 Å². The Balaban J connectivity index is 1.42. The number of aromatic nitrogens is 1. The predicted molar refractivity (Wildman–Crippen MR) is 140 cm³/mol. The number of benzene rings is 2. The lowest BCUT2D eigenvalue weighted by Gasteiger charge is -2.31. The number of sulfone groups is 1. The van der Waals surface area contributed by atoms with Crippen LogP contribution in [0, 0.1) is 11.6 Å². The van der Waals surface area contributed by atoms with E-state index >= 15 is 0 Å². The lowest BCUT2D eigenvalue weighted by atomic mass is 10.1. The van der Waals surface area contributed by atoms with Gasteiger partial charge in [0.25, 0.3) is 0 Å². The normalized spacial score (nSPS) is 15.1. The fraction of sp³-hybridized carbons (Fsp3) is 0.375. The molecule has 4 nitrogen and oxygen atoms in total. The van der Waals surface area contributed by atoms with Crippen LogP contribution in [0.1, 0.15) is 43.0 Å². The van der Waals surface area contributed by atoms with Crippen molar-refractivity contribution in [3.63, 3.8) is 0 Å². The number of rotatable bonds is 7. The minimum Gasteiger partial charge on any atom is -0.348 e. The van der Waals surface area contributed by atoms with E-state index in [4.69, 9.17) is 4.98 Å². The van der Waals surface area contributed by atoms with Gasteiger partial charge in [0.05, 0.1) is 19.9 Å². The van der Waals surface area contributed by atoms with E-state index in [1.807, 2.05) is 5.38 Å². The molecule has 3 aromatic rings. The van der Waals surface area contributed by atoms with Crippen molar-refractivity contribution in [3.8, 4) is 0 Å². The maximum atomic E-state index is 14.6. The predicted octanol–water partition coefficient (Wildman–Crippen LogP) is 6.93. The first-order chi connectivity index (χ1) is 16.2. The molecule has 0 unspecified atom stereocenters. The Morgan fingerprint density at radius 3 is 2.41 bits per heavy atom. The molecule has 0 radical (unpaired) electrons. The molecule has 1 fully saturated rings. The van der Waals surface area contributed by atoms with E-state index in [2.05, 4.69) is 67.9 Å². The molecule has 0 atom stereocenters. The fourth-order valence-corrected chi connectivity index (χ4v) is 8.42. The van der Waals surface area contributed by atoms with E-state index in [0.29, 0.717) is 25.9 Å². The van der Waals surface area contributed by atoms with Crippen LogP contribution < -0.4 is 4.90 Å². The zero-order chi connectivity index (χ0) is 24.5. The van der Waals surface area contributed by atoms with Crippen molar-refractivity contribution in [3.05, 3.63) is 73.1 Å². The first-order valence-corrected chi connectivity index (χ1v) is 15.1. The molecular formula is C24H24Br2F2N2O2S2. The van der Waals surface area contributed by atoms with Gasteiger partial charge in [-0.1, -0.05) is 37.6 Å². The molecule has 0 amide bonds. The van der Waals surface area contributed by atoms with Crippen LogP contribution in [0.15, 0.2) is 49.6 Å². The first-order valence-electron chi connectivity index (χ1n) is 11.0. The molecule has 1 aromatic heterocycles. The molecule has 1 aliphatic heterocycles. The number of anilines is 1. The summed E-state index contributed by atoms with van der Waals surface area (Å²) in [5.74, 6) is -1.79. The molecule has 1 saturated heterocycles. The smallest absolute Gasteiger partial charge is 0.185 e. The molecule has 2 aromatic carbocycles. The quantitative estimate of drug-likeness (QED) is 0.265. The number of hydrogen-bond acceptors (Lipinski definition) is 5. The van der Waals surface area contributed by atoms with Gasteiger partial charge in [0.15, 0.2) is 20.8 Å². The molecule has 0 N–H and O–H groups in total. The Bertz CT molecular complexity index is 1250. The van der Waals surface area contributed by atoms with Gasteiger partial charge in [-0.25, -0.2) is 22.2 Å². The van der Waals surface area contributed by atoms with Crippen LogP contribution in [0.5, 0.6) is 0 Å². The minimum absolute atomic E-state index is 0.209. The highest BCUT2D eigenvalue weighted by molar-refractivity contribution is 9.11. The molecule has 2 heterocycles. The number of thiazole rings is 1. The van der Waals surface area contributed by atoms with Crippen molar-refractivity contribution in [2.24, 2.45) is 0 Å².